The van der Waals surface area contributed by atoms with Crippen molar-refractivity contribution in [1.29, 1.82) is 0 Å². The maximum Gasteiger partial charge on any atom is 0.309 e. The number of carbonyl (C=O) groups is 1. The molecule has 2 aliphatic heterocycles. The minimum atomic E-state index is -0.0828. The molecule has 0 N–H and O–H groups in total. The number of hydrogen-bond acceptors (Lipinski definition) is 4. The molecule has 2 bridgehead atoms. The molecule has 4 unspecified atom stereocenters. The lowest BCUT2D eigenvalue weighted by atomic mass is 9.76. The van der Waals surface area contributed by atoms with Crippen molar-refractivity contribution in [1.82, 2.24) is 4.90 Å². The van der Waals surface area contributed by atoms with Gasteiger partial charge in [0.25, 0.3) is 0 Å². The van der Waals surface area contributed by atoms with Gasteiger partial charge in [-0.1, -0.05) is 42.5 Å². The number of fused-ring (bicyclic) bond motifs is 2. The van der Waals surface area contributed by atoms with Crippen molar-refractivity contribution in [2.75, 3.05) is 14.2 Å². The summed E-state index contributed by atoms with van der Waals surface area (Å²) in [6.45, 7) is 0.542. The number of carbonyl (C=O) groups excluding carboxylic acids is 1. The van der Waals surface area contributed by atoms with E-state index in [4.69, 9.17) is 9.47 Å². The first-order valence-electron chi connectivity index (χ1n) is 9.74. The third-order valence-corrected chi connectivity index (χ3v) is 6.26. The van der Waals surface area contributed by atoms with Gasteiger partial charge in [-0.05, 0) is 49.6 Å². The van der Waals surface area contributed by atoms with Crippen molar-refractivity contribution in [3.63, 3.8) is 0 Å². The van der Waals surface area contributed by atoms with Crippen LogP contribution in [-0.4, -0.2) is 37.1 Å². The second-order valence-electron chi connectivity index (χ2n) is 7.70. The van der Waals surface area contributed by atoms with Crippen LogP contribution in [0.15, 0.2) is 54.6 Å². The average Bonchev–Trinajstić information content (AvgIpc) is 2.94. The highest BCUT2D eigenvalue weighted by Gasteiger charge is 2.49. The van der Waals surface area contributed by atoms with Gasteiger partial charge in [-0.25, -0.2) is 0 Å². The van der Waals surface area contributed by atoms with Crippen molar-refractivity contribution < 1.29 is 14.3 Å². The van der Waals surface area contributed by atoms with E-state index in [1.165, 1.54) is 12.7 Å². The van der Waals surface area contributed by atoms with Crippen molar-refractivity contribution in [3.8, 4) is 5.75 Å². The highest BCUT2D eigenvalue weighted by atomic mass is 16.5. The van der Waals surface area contributed by atoms with E-state index in [2.05, 4.69) is 36.2 Å². The molecule has 2 aliphatic rings. The molecule has 4 nitrogen and oxygen atoms in total. The molecule has 0 aromatic heterocycles. The van der Waals surface area contributed by atoms with Crippen molar-refractivity contribution in [2.24, 2.45) is 5.92 Å². The molecule has 2 aromatic rings. The van der Waals surface area contributed by atoms with E-state index in [-0.39, 0.29) is 17.8 Å². The van der Waals surface area contributed by atoms with E-state index in [1.54, 1.807) is 0 Å². The quantitative estimate of drug-likeness (QED) is 0.751. The molecule has 0 saturated carbocycles. The third kappa shape index (κ3) is 3.59. The van der Waals surface area contributed by atoms with Gasteiger partial charge in [0.2, 0.25) is 0 Å². The Balaban J connectivity index is 1.57. The second kappa shape index (κ2) is 7.73. The molecular weight excluding hydrogens is 338 g/mol. The van der Waals surface area contributed by atoms with Gasteiger partial charge < -0.3 is 9.47 Å². The molecule has 4 heteroatoms. The lowest BCUT2D eigenvalue weighted by Crippen LogP contribution is -2.47. The number of hydrogen-bond donors (Lipinski definition) is 0. The first-order valence-corrected chi connectivity index (χ1v) is 9.74. The predicted octanol–water partition coefficient (Wildman–Crippen LogP) is 4.00. The average molecular weight is 365 g/mol. The van der Waals surface area contributed by atoms with E-state index in [9.17, 15) is 4.79 Å². The number of methoxy groups -OCH3 is 1. The van der Waals surface area contributed by atoms with Gasteiger partial charge in [0.15, 0.2) is 0 Å². The Hall–Kier alpha value is -2.33. The van der Waals surface area contributed by atoms with Crippen LogP contribution in [-0.2, 0) is 16.1 Å². The molecule has 2 fully saturated rings. The number of nitrogens with zero attached hydrogens (tertiary/aromatic N) is 1. The first-order chi connectivity index (χ1) is 13.2. The van der Waals surface area contributed by atoms with Crippen LogP contribution in [0.3, 0.4) is 0 Å². The molecule has 142 valence electrons. The fraction of sp³-hybridized carbons (Fsp3) is 0.435. The Morgan fingerprint density at radius 1 is 1.11 bits per heavy atom. The van der Waals surface area contributed by atoms with E-state index in [0.717, 1.165) is 30.6 Å². The summed E-state index contributed by atoms with van der Waals surface area (Å²) in [5.74, 6) is 0.845. The highest BCUT2D eigenvalue weighted by Crippen LogP contribution is 2.47. The van der Waals surface area contributed by atoms with Crippen LogP contribution in [0.25, 0.3) is 0 Å². The van der Waals surface area contributed by atoms with Gasteiger partial charge in [0.05, 0.1) is 13.0 Å². The van der Waals surface area contributed by atoms with Crippen LogP contribution >= 0.6 is 0 Å². The summed E-state index contributed by atoms with van der Waals surface area (Å²) in [4.78, 5) is 15.0. The van der Waals surface area contributed by atoms with Crippen LogP contribution < -0.4 is 4.74 Å². The maximum atomic E-state index is 12.5. The van der Waals surface area contributed by atoms with Gasteiger partial charge in [-0.3, -0.25) is 9.69 Å². The van der Waals surface area contributed by atoms with E-state index in [1.807, 2.05) is 30.3 Å². The highest BCUT2D eigenvalue weighted by molar-refractivity contribution is 5.74. The van der Waals surface area contributed by atoms with Gasteiger partial charge in [-0.15, -0.1) is 0 Å². The van der Waals surface area contributed by atoms with Crippen molar-refractivity contribution in [3.05, 3.63) is 65.7 Å². The van der Waals surface area contributed by atoms with Crippen molar-refractivity contribution >= 4 is 5.97 Å². The number of ether oxygens (including phenoxy) is 2. The van der Waals surface area contributed by atoms with Gasteiger partial charge in [-0.2, -0.15) is 0 Å². The smallest absolute Gasteiger partial charge is 0.309 e. The van der Waals surface area contributed by atoms with Crippen molar-refractivity contribution in [2.45, 2.75) is 43.9 Å². The van der Waals surface area contributed by atoms with E-state index in [0.29, 0.717) is 18.7 Å². The predicted molar refractivity (Wildman–Crippen MR) is 105 cm³/mol. The molecule has 4 atom stereocenters. The molecule has 27 heavy (non-hydrogen) atoms. The van der Waals surface area contributed by atoms with Crippen LogP contribution in [0, 0.1) is 5.92 Å². The lowest BCUT2D eigenvalue weighted by Gasteiger charge is -2.42. The van der Waals surface area contributed by atoms with Crippen LogP contribution in [0.2, 0.25) is 0 Å². The normalized spacial score (nSPS) is 27.3. The van der Waals surface area contributed by atoms with Crippen LogP contribution in [0.5, 0.6) is 5.75 Å². The molecule has 0 amide bonds. The maximum absolute atomic E-state index is 12.5. The summed E-state index contributed by atoms with van der Waals surface area (Å²) >= 11 is 0. The molecule has 2 saturated heterocycles. The van der Waals surface area contributed by atoms with E-state index < -0.39 is 0 Å². The number of esters is 1. The summed E-state index contributed by atoms with van der Waals surface area (Å²) in [6.07, 6.45) is 3.17. The zero-order chi connectivity index (χ0) is 18.8. The second-order valence-corrected chi connectivity index (χ2v) is 7.70. The Kier molecular flexibility index (Phi) is 5.17. The molecule has 4 rings (SSSR count). The summed E-state index contributed by atoms with van der Waals surface area (Å²) in [5, 5.41) is 0. The fourth-order valence-electron chi connectivity index (χ4n) is 4.87. The monoisotopic (exact) mass is 365 g/mol. The number of benzene rings is 2. The van der Waals surface area contributed by atoms with Gasteiger partial charge in [0.1, 0.15) is 12.4 Å². The molecule has 0 spiro atoms. The summed E-state index contributed by atoms with van der Waals surface area (Å²) in [5.41, 5.74) is 2.32. The zero-order valence-corrected chi connectivity index (χ0v) is 16.0. The number of rotatable bonds is 5. The Morgan fingerprint density at radius 2 is 1.93 bits per heavy atom. The summed E-state index contributed by atoms with van der Waals surface area (Å²) in [7, 11) is 3.69. The topological polar surface area (TPSA) is 38.8 Å². The summed E-state index contributed by atoms with van der Waals surface area (Å²) < 4.78 is 11.2. The Bertz CT molecular complexity index is 791. The Labute approximate surface area is 161 Å². The summed E-state index contributed by atoms with van der Waals surface area (Å²) in [6, 6.07) is 19.3. The third-order valence-electron chi connectivity index (χ3n) is 6.26. The standard InChI is InChI=1S/C23H27NO3/c1-24-18-11-12-21(24)22(20(14-18)23(25)26-2)17-9-6-10-19(13-17)27-15-16-7-4-3-5-8-16/h3-10,13,18,20-22H,11-12,14-15H2,1-2H3. The number of likely N-dealkylation sites (N-methyl/N-ethyl adjacent to an activating group) is 1. The minimum Gasteiger partial charge on any atom is -0.489 e. The zero-order valence-electron chi connectivity index (χ0n) is 16.0. The SMILES string of the molecule is COC(=O)C1CC2CCC(C1c1cccc(OCc3ccccc3)c1)N2C. The largest absolute Gasteiger partial charge is 0.489 e. The van der Waals surface area contributed by atoms with Gasteiger partial charge in [0, 0.05) is 18.0 Å². The first kappa shape index (κ1) is 18.1. The molecule has 0 radical (unpaired) electrons. The lowest BCUT2D eigenvalue weighted by molar-refractivity contribution is -0.149. The van der Waals surface area contributed by atoms with Crippen LogP contribution in [0.4, 0.5) is 0 Å². The molecule has 2 aromatic carbocycles. The Morgan fingerprint density at radius 3 is 2.70 bits per heavy atom. The molecule has 0 aliphatic carbocycles. The molecular formula is C23H27NO3. The molecule has 2 heterocycles. The number of piperidine rings is 1. The van der Waals surface area contributed by atoms with E-state index >= 15 is 0 Å². The van der Waals surface area contributed by atoms with Gasteiger partial charge >= 0.3 is 5.97 Å². The van der Waals surface area contributed by atoms with Crippen LogP contribution in [0.1, 0.15) is 36.3 Å². The fourth-order valence-corrected chi connectivity index (χ4v) is 4.87. The minimum absolute atomic E-state index is 0.0759.